The Hall–Kier alpha value is -5.06. The molecule has 1 aromatic heterocycles. The minimum absolute atomic E-state index is 0.00677. The number of aryl methyl sites for hydroxylation is 1. The summed E-state index contributed by atoms with van der Waals surface area (Å²) in [4.78, 5) is 4.69. The molecule has 64 heavy (non-hydrogen) atoms. The quantitative estimate of drug-likeness (QED) is 0.163. The number of thiophene rings is 1. The van der Waals surface area contributed by atoms with Crippen LogP contribution in [0.25, 0.3) is 21.2 Å². The van der Waals surface area contributed by atoms with Gasteiger partial charge in [-0.25, -0.2) is 0 Å². The van der Waals surface area contributed by atoms with Gasteiger partial charge in [-0.2, -0.15) is 0 Å². The van der Waals surface area contributed by atoms with Gasteiger partial charge in [0.05, 0.1) is 16.0 Å². The number of hydrogen-bond acceptors (Lipinski definition) is 3. The summed E-state index contributed by atoms with van der Waals surface area (Å²) in [6, 6.07) is 22.7. The average Bonchev–Trinajstić information content (AvgIpc) is 3.67. The SMILES string of the molecule is [2H]c1c([2H])c([2H])c(-c2c([2H])c(C(C)(C)C)c([2H])c([2H])c2CN2c3cc(C)cc4c3B(c3cc(C(C)(C)C)ccc3N4c3ccc(C(C)(C)C)cc3)c3c2sc2cc4c(cc32)C(C)(C)CCC4(C)C)c([2H])c1[2H]. The number of benzene rings is 6. The van der Waals surface area contributed by atoms with Crippen molar-refractivity contribution in [2.24, 2.45) is 0 Å². The third-order valence-corrected chi connectivity index (χ3v) is 15.6. The van der Waals surface area contributed by atoms with E-state index in [2.05, 4.69) is 153 Å². The van der Waals surface area contributed by atoms with Crippen LogP contribution in [0.15, 0.2) is 115 Å². The van der Waals surface area contributed by atoms with E-state index in [0.29, 0.717) is 5.56 Å². The molecule has 0 fully saturated rings. The Morgan fingerprint density at radius 3 is 1.89 bits per heavy atom. The van der Waals surface area contributed by atoms with Gasteiger partial charge in [0, 0.05) is 34.0 Å². The number of anilines is 5. The van der Waals surface area contributed by atoms with E-state index in [1.807, 2.05) is 20.8 Å². The molecular weight excluding hydrogens is 792 g/mol. The van der Waals surface area contributed by atoms with Crippen LogP contribution in [0.3, 0.4) is 0 Å². The van der Waals surface area contributed by atoms with Gasteiger partial charge in [0.1, 0.15) is 0 Å². The Bertz CT molecular complexity index is 3430. The van der Waals surface area contributed by atoms with Crippen molar-refractivity contribution >= 4 is 72.3 Å². The van der Waals surface area contributed by atoms with Crippen LogP contribution < -0.4 is 26.2 Å². The molecule has 0 saturated heterocycles. The highest BCUT2D eigenvalue weighted by atomic mass is 32.1. The van der Waals surface area contributed by atoms with Gasteiger partial charge in [0.25, 0.3) is 6.71 Å². The molecule has 1 aliphatic carbocycles. The maximum absolute atomic E-state index is 9.99. The van der Waals surface area contributed by atoms with Crippen molar-refractivity contribution in [1.29, 1.82) is 0 Å². The Labute approximate surface area is 400 Å². The van der Waals surface area contributed by atoms with Gasteiger partial charge in [-0.3, -0.25) is 0 Å². The molecule has 6 aromatic carbocycles. The van der Waals surface area contributed by atoms with Crippen molar-refractivity contribution < 1.29 is 11.0 Å². The van der Waals surface area contributed by atoms with Crippen LogP contribution in [-0.2, 0) is 33.6 Å². The van der Waals surface area contributed by atoms with Crippen molar-refractivity contribution in [2.45, 2.75) is 143 Å². The zero-order chi connectivity index (χ0) is 52.4. The van der Waals surface area contributed by atoms with E-state index in [-0.39, 0.29) is 69.7 Å². The molecule has 0 radical (unpaired) electrons. The Balaban J connectivity index is 1.35. The van der Waals surface area contributed by atoms with Crippen LogP contribution in [0.5, 0.6) is 0 Å². The monoisotopic (exact) mass is 867 g/mol. The summed E-state index contributed by atoms with van der Waals surface area (Å²) < 4.78 is 75.5. The molecule has 0 atom stereocenters. The van der Waals surface area contributed by atoms with Gasteiger partial charge in [-0.05, 0) is 161 Å². The lowest BCUT2D eigenvalue weighted by Gasteiger charge is -2.44. The highest BCUT2D eigenvalue weighted by molar-refractivity contribution is 7.26. The third kappa shape index (κ3) is 6.97. The second-order valence-electron chi connectivity index (χ2n) is 23.2. The highest BCUT2D eigenvalue weighted by Gasteiger charge is 2.47. The van der Waals surface area contributed by atoms with E-state index >= 15 is 0 Å². The van der Waals surface area contributed by atoms with Crippen LogP contribution >= 0.6 is 11.3 Å². The van der Waals surface area contributed by atoms with Crippen molar-refractivity contribution in [3.8, 4) is 11.1 Å². The molecule has 2 aliphatic heterocycles. The van der Waals surface area contributed by atoms with Gasteiger partial charge in [0.2, 0.25) is 0 Å². The van der Waals surface area contributed by atoms with Crippen LogP contribution in [0.1, 0.15) is 153 Å². The Morgan fingerprint density at radius 1 is 0.641 bits per heavy atom. The summed E-state index contributed by atoms with van der Waals surface area (Å²) >= 11 is 1.74. The molecule has 0 spiro atoms. The summed E-state index contributed by atoms with van der Waals surface area (Å²) in [6.07, 6.45) is 2.14. The minimum atomic E-state index is -0.772. The van der Waals surface area contributed by atoms with E-state index in [1.54, 1.807) is 11.3 Å². The fraction of sp³-hybridized carbons (Fsp3) is 0.367. The Morgan fingerprint density at radius 2 is 1.25 bits per heavy atom. The zero-order valence-corrected chi connectivity index (χ0v) is 41.2. The number of hydrogen-bond donors (Lipinski definition) is 0. The molecule has 7 aromatic rings. The lowest BCUT2D eigenvalue weighted by Crippen LogP contribution is -2.61. The van der Waals surface area contributed by atoms with Crippen LogP contribution in [0.4, 0.5) is 27.8 Å². The second kappa shape index (κ2) is 14.5. The van der Waals surface area contributed by atoms with E-state index in [0.717, 1.165) is 56.3 Å². The predicted octanol–water partition coefficient (Wildman–Crippen LogP) is 15.1. The first kappa shape index (κ1) is 34.3. The molecular formula is C60H67BN2S. The zero-order valence-electron chi connectivity index (χ0n) is 48.4. The molecule has 3 aliphatic rings. The largest absolute Gasteiger partial charge is 0.330 e. The normalized spacial score (nSPS) is 18.1. The van der Waals surface area contributed by atoms with E-state index in [9.17, 15) is 6.85 Å². The Kier molecular flexibility index (Phi) is 7.76. The van der Waals surface area contributed by atoms with Gasteiger partial charge in [0.15, 0.2) is 0 Å². The molecule has 4 heteroatoms. The average molecular weight is 867 g/mol. The first-order valence-corrected chi connectivity index (χ1v) is 24.0. The highest BCUT2D eigenvalue weighted by Crippen LogP contribution is 2.51. The van der Waals surface area contributed by atoms with Crippen molar-refractivity contribution in [1.82, 2.24) is 0 Å². The van der Waals surface area contributed by atoms with Crippen molar-refractivity contribution in [3.63, 3.8) is 0 Å². The van der Waals surface area contributed by atoms with Crippen molar-refractivity contribution in [2.75, 3.05) is 9.80 Å². The molecule has 0 N–H and O–H groups in total. The van der Waals surface area contributed by atoms with Gasteiger partial charge in [-0.1, -0.05) is 163 Å². The lowest BCUT2D eigenvalue weighted by molar-refractivity contribution is 0.332. The maximum Gasteiger partial charge on any atom is 0.254 e. The summed E-state index contributed by atoms with van der Waals surface area (Å²) in [5.41, 5.74) is 13.3. The first-order chi connectivity index (χ1) is 33.3. The summed E-state index contributed by atoms with van der Waals surface area (Å²) in [5.74, 6) is 0. The van der Waals surface area contributed by atoms with Crippen LogP contribution in [0.2, 0.25) is 0 Å². The molecule has 0 bridgehead atoms. The maximum atomic E-state index is 9.99. The summed E-state index contributed by atoms with van der Waals surface area (Å²) in [5, 5.41) is 2.18. The summed E-state index contributed by atoms with van der Waals surface area (Å²) in [6.45, 7) is 30.6. The van der Waals surface area contributed by atoms with Crippen molar-refractivity contribution in [3.05, 3.63) is 154 Å². The predicted molar refractivity (Wildman–Crippen MR) is 281 cm³/mol. The molecule has 10 rings (SSSR count). The van der Waals surface area contributed by atoms with Gasteiger partial charge >= 0.3 is 0 Å². The number of rotatable bonds is 4. The van der Waals surface area contributed by atoms with E-state index < -0.39 is 35.6 Å². The minimum Gasteiger partial charge on any atom is -0.330 e. The fourth-order valence-corrected chi connectivity index (χ4v) is 11.7. The van der Waals surface area contributed by atoms with Gasteiger partial charge < -0.3 is 9.80 Å². The third-order valence-electron chi connectivity index (χ3n) is 14.5. The summed E-state index contributed by atoms with van der Waals surface area (Å²) in [7, 11) is 0. The van der Waals surface area contributed by atoms with E-state index in [4.69, 9.17) is 4.11 Å². The molecule has 3 heterocycles. The smallest absolute Gasteiger partial charge is 0.254 e. The fourth-order valence-electron chi connectivity index (χ4n) is 10.5. The number of fused-ring (bicyclic) bond motifs is 7. The molecule has 0 saturated carbocycles. The first-order valence-electron chi connectivity index (χ1n) is 27.1. The van der Waals surface area contributed by atoms with Crippen LogP contribution in [-0.4, -0.2) is 6.71 Å². The standard InChI is InChI=1S/C60H67BN2S/c1-37-30-50-54-51(31-37)63(43-25-22-40(23-26-43)56(2,3)4)49-27-24-42(58(8,9)10)33-48(49)61(54)53-45-34-46-47(60(13,14)29-28-59(46,11)12)35-52(45)64-55(53)62(50)36-39-20-21-41(57(5,6)7)32-44(39)38-18-16-15-17-19-38/h15-27,30-35H,28-29,36H2,1-14H3/i15D,16D,17D,18D,19D,20D,21D,32D. The second-order valence-corrected chi connectivity index (χ2v) is 24.3. The lowest BCUT2D eigenvalue weighted by atomic mass is 9.33. The van der Waals surface area contributed by atoms with E-state index in [1.165, 1.54) is 38.6 Å². The molecule has 2 nitrogen and oxygen atoms in total. The van der Waals surface area contributed by atoms with Crippen LogP contribution in [0, 0.1) is 6.92 Å². The van der Waals surface area contributed by atoms with Gasteiger partial charge in [-0.15, -0.1) is 11.3 Å². The topological polar surface area (TPSA) is 6.48 Å². The molecule has 0 unspecified atom stereocenters. The number of nitrogens with zero attached hydrogens (tertiary/aromatic N) is 2. The molecule has 0 amide bonds. The molecule has 326 valence electrons.